The van der Waals surface area contributed by atoms with Gasteiger partial charge in [-0.15, -0.1) is 0 Å². The Bertz CT molecular complexity index is 462. The van der Waals surface area contributed by atoms with Crippen molar-refractivity contribution in [2.24, 2.45) is 0 Å². The molecule has 0 bridgehead atoms. The number of sulfone groups is 1. The first-order chi connectivity index (χ1) is 8.68. The third kappa shape index (κ3) is 4.46. The quantitative estimate of drug-likeness (QED) is 0.587. The number of carboxylic acid groups (broad SMARTS) is 1. The molecule has 1 amide bonds. The second kappa shape index (κ2) is 5.87. The summed E-state index contributed by atoms with van der Waals surface area (Å²) < 4.78 is 22.5. The lowest BCUT2D eigenvalue weighted by atomic mass is 9.99. The molecule has 2 unspecified atom stereocenters. The fourth-order valence-corrected chi connectivity index (χ4v) is 3.49. The van der Waals surface area contributed by atoms with Crippen LogP contribution >= 0.6 is 0 Å². The van der Waals surface area contributed by atoms with E-state index in [1.807, 2.05) is 0 Å². The van der Waals surface area contributed by atoms with Crippen LogP contribution in [0.1, 0.15) is 26.7 Å². The minimum absolute atomic E-state index is 0.0390. The Kier molecular flexibility index (Phi) is 4.92. The number of rotatable bonds is 6. The summed E-state index contributed by atoms with van der Waals surface area (Å²) in [7, 11) is -3.03. The van der Waals surface area contributed by atoms with Crippen LogP contribution in [0.4, 0.5) is 0 Å². The molecule has 7 nitrogen and oxygen atoms in total. The van der Waals surface area contributed by atoms with Crippen LogP contribution in [0.3, 0.4) is 0 Å². The Hall–Kier alpha value is -1.15. The Labute approximate surface area is 112 Å². The van der Waals surface area contributed by atoms with Gasteiger partial charge in [0.25, 0.3) is 0 Å². The molecule has 0 aromatic carbocycles. The molecule has 0 radical (unpaired) electrons. The fourth-order valence-electron chi connectivity index (χ4n) is 1.81. The maximum Gasteiger partial charge on any atom is 0.323 e. The lowest BCUT2D eigenvalue weighted by Gasteiger charge is -2.24. The van der Waals surface area contributed by atoms with Gasteiger partial charge in [0.15, 0.2) is 9.84 Å². The number of aliphatic carboxylic acids is 1. The summed E-state index contributed by atoms with van der Waals surface area (Å²) in [5.41, 5.74) is -1.15. The summed E-state index contributed by atoms with van der Waals surface area (Å²) in [6.07, 6.45) is 0.755. The average molecular weight is 292 g/mol. The number of carbonyl (C=O) groups is 2. The Morgan fingerprint density at radius 3 is 2.47 bits per heavy atom. The van der Waals surface area contributed by atoms with Crippen molar-refractivity contribution in [2.75, 3.05) is 18.1 Å². The Morgan fingerprint density at radius 1 is 1.42 bits per heavy atom. The zero-order valence-electron chi connectivity index (χ0n) is 11.1. The van der Waals surface area contributed by atoms with Crippen LogP contribution < -0.4 is 10.6 Å². The summed E-state index contributed by atoms with van der Waals surface area (Å²) in [6.45, 7) is 3.07. The molecule has 0 spiro atoms. The summed E-state index contributed by atoms with van der Waals surface area (Å²) in [5.74, 6) is -1.36. The van der Waals surface area contributed by atoms with Crippen molar-refractivity contribution in [1.82, 2.24) is 10.6 Å². The van der Waals surface area contributed by atoms with Crippen molar-refractivity contribution in [3.8, 4) is 0 Å². The molecule has 1 aliphatic heterocycles. The molecule has 0 aromatic rings. The molecule has 1 aliphatic rings. The van der Waals surface area contributed by atoms with E-state index in [0.717, 1.165) is 0 Å². The minimum Gasteiger partial charge on any atom is -0.480 e. The summed E-state index contributed by atoms with van der Waals surface area (Å²) in [6, 6.07) is -0.364. The maximum absolute atomic E-state index is 11.6. The van der Waals surface area contributed by atoms with E-state index >= 15 is 0 Å². The fraction of sp³-hybridized carbons (Fsp3) is 0.818. The third-order valence-electron chi connectivity index (χ3n) is 3.42. The van der Waals surface area contributed by atoms with Crippen molar-refractivity contribution in [3.63, 3.8) is 0 Å². The smallest absolute Gasteiger partial charge is 0.323 e. The van der Waals surface area contributed by atoms with Gasteiger partial charge in [-0.1, -0.05) is 6.92 Å². The van der Waals surface area contributed by atoms with E-state index in [2.05, 4.69) is 10.6 Å². The standard InChI is InChI=1S/C11H20N2O5S/c1-3-11(2,10(15)16)12-6-9(14)13-8-4-5-19(17,18)7-8/h8,12H,3-7H2,1-2H3,(H,13,14)(H,15,16). The van der Waals surface area contributed by atoms with E-state index in [-0.39, 0.29) is 30.0 Å². The van der Waals surface area contributed by atoms with E-state index in [1.54, 1.807) is 6.92 Å². The van der Waals surface area contributed by atoms with Crippen LogP contribution in [0.2, 0.25) is 0 Å². The SMILES string of the molecule is CCC(C)(NCC(=O)NC1CCS(=O)(=O)C1)C(=O)O. The number of hydrogen-bond donors (Lipinski definition) is 3. The predicted molar refractivity (Wildman–Crippen MR) is 69.5 cm³/mol. The average Bonchev–Trinajstić information content (AvgIpc) is 2.65. The van der Waals surface area contributed by atoms with Crippen LogP contribution in [-0.4, -0.2) is 55.0 Å². The van der Waals surface area contributed by atoms with Gasteiger partial charge in [0.1, 0.15) is 5.54 Å². The zero-order valence-corrected chi connectivity index (χ0v) is 11.9. The summed E-state index contributed by atoms with van der Waals surface area (Å²) >= 11 is 0. The highest BCUT2D eigenvalue weighted by molar-refractivity contribution is 7.91. The van der Waals surface area contributed by atoms with Gasteiger partial charge in [0.05, 0.1) is 18.1 Å². The van der Waals surface area contributed by atoms with E-state index in [9.17, 15) is 18.0 Å². The molecule has 110 valence electrons. The normalized spacial score (nSPS) is 24.6. The monoisotopic (exact) mass is 292 g/mol. The first kappa shape index (κ1) is 15.9. The topological polar surface area (TPSA) is 113 Å². The van der Waals surface area contributed by atoms with Crippen molar-refractivity contribution < 1.29 is 23.1 Å². The van der Waals surface area contributed by atoms with E-state index in [0.29, 0.717) is 12.8 Å². The number of nitrogens with one attached hydrogen (secondary N) is 2. The molecular weight excluding hydrogens is 272 g/mol. The molecule has 19 heavy (non-hydrogen) atoms. The van der Waals surface area contributed by atoms with Gasteiger partial charge in [-0.05, 0) is 19.8 Å². The second-order valence-corrected chi connectivity index (χ2v) is 7.24. The maximum atomic E-state index is 11.6. The highest BCUT2D eigenvalue weighted by Gasteiger charge is 2.32. The number of carbonyl (C=O) groups excluding carboxylic acids is 1. The first-order valence-corrected chi connectivity index (χ1v) is 7.99. The van der Waals surface area contributed by atoms with Gasteiger partial charge < -0.3 is 10.4 Å². The molecular formula is C11H20N2O5S. The Balaban J connectivity index is 2.42. The van der Waals surface area contributed by atoms with Gasteiger partial charge >= 0.3 is 5.97 Å². The molecule has 3 N–H and O–H groups in total. The van der Waals surface area contributed by atoms with Crippen LogP contribution in [0.15, 0.2) is 0 Å². The number of hydrogen-bond acceptors (Lipinski definition) is 5. The van der Waals surface area contributed by atoms with E-state index in [1.165, 1.54) is 6.92 Å². The van der Waals surface area contributed by atoms with E-state index < -0.39 is 21.3 Å². The first-order valence-electron chi connectivity index (χ1n) is 6.17. The second-order valence-electron chi connectivity index (χ2n) is 5.01. The zero-order chi connectivity index (χ0) is 14.7. The number of amides is 1. The molecule has 0 aromatic heterocycles. The predicted octanol–water partition coefficient (Wildman–Crippen LogP) is -0.867. The van der Waals surface area contributed by atoms with Crippen LogP contribution in [-0.2, 0) is 19.4 Å². The van der Waals surface area contributed by atoms with Gasteiger partial charge in [-0.2, -0.15) is 0 Å². The highest BCUT2D eigenvalue weighted by atomic mass is 32.2. The minimum atomic E-state index is -3.03. The van der Waals surface area contributed by atoms with Gasteiger partial charge in [-0.25, -0.2) is 8.42 Å². The van der Waals surface area contributed by atoms with Crippen molar-refractivity contribution in [2.45, 2.75) is 38.3 Å². The number of carboxylic acids is 1. The van der Waals surface area contributed by atoms with Gasteiger partial charge in [0, 0.05) is 6.04 Å². The van der Waals surface area contributed by atoms with Crippen molar-refractivity contribution in [1.29, 1.82) is 0 Å². The molecule has 1 heterocycles. The van der Waals surface area contributed by atoms with Crippen molar-refractivity contribution >= 4 is 21.7 Å². The summed E-state index contributed by atoms with van der Waals surface area (Å²) in [4.78, 5) is 22.7. The summed E-state index contributed by atoms with van der Waals surface area (Å²) in [5, 5.41) is 14.3. The van der Waals surface area contributed by atoms with Crippen LogP contribution in [0, 0.1) is 0 Å². The highest BCUT2D eigenvalue weighted by Crippen LogP contribution is 2.11. The van der Waals surface area contributed by atoms with E-state index in [4.69, 9.17) is 5.11 Å². The third-order valence-corrected chi connectivity index (χ3v) is 5.18. The largest absolute Gasteiger partial charge is 0.480 e. The molecule has 8 heteroatoms. The van der Waals surface area contributed by atoms with Crippen molar-refractivity contribution in [3.05, 3.63) is 0 Å². The van der Waals surface area contributed by atoms with Gasteiger partial charge in [-0.3, -0.25) is 14.9 Å². The molecule has 1 rings (SSSR count). The van der Waals surface area contributed by atoms with Crippen LogP contribution in [0.25, 0.3) is 0 Å². The molecule has 1 fully saturated rings. The molecule has 2 atom stereocenters. The molecule has 0 saturated carbocycles. The van der Waals surface area contributed by atoms with Crippen LogP contribution in [0.5, 0.6) is 0 Å². The molecule has 1 saturated heterocycles. The lowest BCUT2D eigenvalue weighted by Crippen LogP contribution is -2.53. The molecule has 0 aliphatic carbocycles. The lowest BCUT2D eigenvalue weighted by molar-refractivity contribution is -0.144. The Morgan fingerprint density at radius 2 is 2.05 bits per heavy atom. The van der Waals surface area contributed by atoms with Gasteiger partial charge in [0.2, 0.25) is 5.91 Å².